The van der Waals surface area contributed by atoms with Crippen molar-refractivity contribution in [1.82, 2.24) is 0 Å². The van der Waals surface area contributed by atoms with E-state index >= 15 is 0 Å². The predicted octanol–water partition coefficient (Wildman–Crippen LogP) is 3.76. The third kappa shape index (κ3) is 4.23. The molecule has 0 bridgehead atoms. The van der Waals surface area contributed by atoms with Crippen LogP contribution in [0, 0.1) is 5.92 Å². The van der Waals surface area contributed by atoms with E-state index in [1.807, 2.05) is 0 Å². The van der Waals surface area contributed by atoms with Gasteiger partial charge in [-0.3, -0.25) is 0 Å². The van der Waals surface area contributed by atoms with E-state index < -0.39 is 30.4 Å². The summed E-state index contributed by atoms with van der Waals surface area (Å²) >= 11 is 0. The van der Waals surface area contributed by atoms with E-state index in [-0.39, 0.29) is 5.92 Å². The van der Waals surface area contributed by atoms with Gasteiger partial charge in [0.05, 0.1) is 11.7 Å². The molecule has 130 valence electrons. The van der Waals surface area contributed by atoms with Crippen LogP contribution >= 0.6 is 0 Å². The second kappa shape index (κ2) is 7.61. The first-order valence-electron chi connectivity index (χ1n) is 7.31. The molecule has 0 amide bonds. The van der Waals surface area contributed by atoms with E-state index in [9.17, 15) is 13.2 Å². The van der Waals surface area contributed by atoms with Crippen LogP contribution in [-0.2, 0) is 25.1 Å². The first-order chi connectivity index (χ1) is 10.9. The van der Waals surface area contributed by atoms with Crippen molar-refractivity contribution in [3.8, 4) is 0 Å². The number of methoxy groups -OCH3 is 3. The van der Waals surface area contributed by atoms with Crippen molar-refractivity contribution in [2.45, 2.75) is 37.7 Å². The van der Waals surface area contributed by atoms with Crippen LogP contribution in [0.4, 0.5) is 13.2 Å². The molecule has 1 aliphatic rings. The fourth-order valence-electron chi connectivity index (χ4n) is 2.90. The number of hydrogen-bond acceptors (Lipinski definition) is 4. The van der Waals surface area contributed by atoms with E-state index in [0.717, 1.165) is 18.6 Å². The summed E-state index contributed by atoms with van der Waals surface area (Å²) < 4.78 is 59.8. The van der Waals surface area contributed by atoms with Gasteiger partial charge >= 0.3 is 6.18 Å². The van der Waals surface area contributed by atoms with Gasteiger partial charge in [-0.2, -0.15) is 13.2 Å². The molecule has 0 saturated carbocycles. The van der Waals surface area contributed by atoms with Crippen LogP contribution < -0.4 is 0 Å². The second-order valence-corrected chi connectivity index (χ2v) is 5.42. The molecule has 1 aromatic carbocycles. The summed E-state index contributed by atoms with van der Waals surface area (Å²) in [6.45, 7) is 0. The highest BCUT2D eigenvalue weighted by atomic mass is 19.4. The van der Waals surface area contributed by atoms with Crippen LogP contribution in [0.1, 0.15) is 30.1 Å². The molecule has 7 heteroatoms. The van der Waals surface area contributed by atoms with E-state index in [1.165, 1.54) is 26.4 Å². The molecular formula is C16H21F3O4. The maximum Gasteiger partial charge on any atom is 0.416 e. The molecule has 0 aromatic heterocycles. The zero-order chi connectivity index (χ0) is 17.0. The van der Waals surface area contributed by atoms with Crippen molar-refractivity contribution >= 4 is 0 Å². The molecule has 0 aliphatic carbocycles. The SMILES string of the molecule is COC1CC[C@H](C(OC)OC)[C@H](c2ccc(C(F)(F)F)cc2)O1. The average Bonchev–Trinajstić information content (AvgIpc) is 2.55. The Kier molecular flexibility index (Phi) is 6.02. The predicted molar refractivity (Wildman–Crippen MR) is 76.6 cm³/mol. The molecule has 2 rings (SSSR count). The maximum absolute atomic E-state index is 12.7. The van der Waals surface area contributed by atoms with Crippen molar-refractivity contribution < 1.29 is 32.1 Å². The first kappa shape index (κ1) is 18.2. The minimum atomic E-state index is -4.36. The van der Waals surface area contributed by atoms with E-state index in [4.69, 9.17) is 18.9 Å². The van der Waals surface area contributed by atoms with E-state index in [0.29, 0.717) is 12.0 Å². The smallest absolute Gasteiger partial charge is 0.356 e. The third-order valence-corrected chi connectivity index (χ3v) is 4.07. The minimum Gasteiger partial charge on any atom is -0.356 e. The lowest BCUT2D eigenvalue weighted by atomic mass is 9.88. The molecule has 0 N–H and O–H groups in total. The van der Waals surface area contributed by atoms with Crippen molar-refractivity contribution in [1.29, 1.82) is 0 Å². The fourth-order valence-corrected chi connectivity index (χ4v) is 2.90. The third-order valence-electron chi connectivity index (χ3n) is 4.07. The minimum absolute atomic E-state index is 0.131. The van der Waals surface area contributed by atoms with Crippen molar-refractivity contribution in [2.24, 2.45) is 5.92 Å². The standard InChI is InChI=1S/C16H21F3O4/c1-20-13-9-8-12(15(21-2)22-3)14(23-13)10-4-6-11(7-5-10)16(17,18)19/h4-7,12-15H,8-9H2,1-3H3/t12-,13?,14-/m0/s1. The van der Waals surface area contributed by atoms with E-state index in [1.54, 1.807) is 7.11 Å². The highest BCUT2D eigenvalue weighted by Gasteiger charge is 2.38. The maximum atomic E-state index is 12.7. The summed E-state index contributed by atoms with van der Waals surface area (Å²) in [6, 6.07) is 4.98. The number of rotatable bonds is 5. The van der Waals surface area contributed by atoms with Crippen molar-refractivity contribution in [2.75, 3.05) is 21.3 Å². The summed E-state index contributed by atoms with van der Waals surface area (Å²) in [6.07, 6.45) is -4.33. The number of alkyl halides is 3. The van der Waals surface area contributed by atoms with Crippen LogP contribution in [0.3, 0.4) is 0 Å². The zero-order valence-electron chi connectivity index (χ0n) is 13.3. The highest BCUT2D eigenvalue weighted by Crippen LogP contribution is 2.40. The lowest BCUT2D eigenvalue weighted by Gasteiger charge is -2.39. The molecule has 0 spiro atoms. The molecule has 4 nitrogen and oxygen atoms in total. The van der Waals surface area contributed by atoms with Crippen molar-refractivity contribution in [3.63, 3.8) is 0 Å². The quantitative estimate of drug-likeness (QED) is 0.768. The summed E-state index contributed by atoms with van der Waals surface area (Å²) in [7, 11) is 4.60. The Morgan fingerprint density at radius 3 is 2.13 bits per heavy atom. The molecule has 23 heavy (non-hydrogen) atoms. The average molecular weight is 334 g/mol. The number of benzene rings is 1. The Morgan fingerprint density at radius 2 is 1.65 bits per heavy atom. The van der Waals surface area contributed by atoms with Gasteiger partial charge in [-0.1, -0.05) is 12.1 Å². The number of halogens is 3. The molecule has 1 aromatic rings. The van der Waals surface area contributed by atoms with Gasteiger partial charge in [0, 0.05) is 27.2 Å². The molecule has 3 atom stereocenters. The Balaban J connectivity index is 2.26. The van der Waals surface area contributed by atoms with Crippen molar-refractivity contribution in [3.05, 3.63) is 35.4 Å². The molecule has 1 saturated heterocycles. The van der Waals surface area contributed by atoms with Gasteiger partial charge in [-0.25, -0.2) is 0 Å². The van der Waals surface area contributed by atoms with Gasteiger partial charge in [0.25, 0.3) is 0 Å². The van der Waals surface area contributed by atoms with Crippen LogP contribution in [-0.4, -0.2) is 33.9 Å². The van der Waals surface area contributed by atoms with Gasteiger partial charge in [-0.15, -0.1) is 0 Å². The highest BCUT2D eigenvalue weighted by molar-refractivity contribution is 5.27. The molecule has 0 radical (unpaired) electrons. The molecular weight excluding hydrogens is 313 g/mol. The Hall–Kier alpha value is -1.15. The van der Waals surface area contributed by atoms with Crippen LogP contribution in [0.15, 0.2) is 24.3 Å². The lowest BCUT2D eigenvalue weighted by Crippen LogP contribution is -2.38. The summed E-state index contributed by atoms with van der Waals surface area (Å²) in [5, 5.41) is 0. The molecule has 1 unspecified atom stereocenters. The zero-order valence-corrected chi connectivity index (χ0v) is 13.3. The Labute approximate surface area is 133 Å². The number of hydrogen-bond donors (Lipinski definition) is 0. The second-order valence-electron chi connectivity index (χ2n) is 5.42. The van der Waals surface area contributed by atoms with Gasteiger partial charge in [-0.05, 0) is 30.5 Å². The normalized spacial score (nSPS) is 25.8. The lowest BCUT2D eigenvalue weighted by molar-refractivity contribution is -0.245. The van der Waals surface area contributed by atoms with Gasteiger partial charge in [0.15, 0.2) is 12.6 Å². The van der Waals surface area contributed by atoms with Gasteiger partial charge < -0.3 is 18.9 Å². The van der Waals surface area contributed by atoms with Crippen LogP contribution in [0.5, 0.6) is 0 Å². The molecule has 1 heterocycles. The molecule has 1 aliphatic heterocycles. The van der Waals surface area contributed by atoms with Gasteiger partial charge in [0.1, 0.15) is 0 Å². The van der Waals surface area contributed by atoms with Gasteiger partial charge in [0.2, 0.25) is 0 Å². The largest absolute Gasteiger partial charge is 0.416 e. The number of ether oxygens (including phenoxy) is 4. The Bertz CT molecular complexity index is 485. The summed E-state index contributed by atoms with van der Waals surface area (Å²) in [5.74, 6) is -0.131. The first-order valence-corrected chi connectivity index (χ1v) is 7.31. The topological polar surface area (TPSA) is 36.9 Å². The molecule has 1 fully saturated rings. The monoisotopic (exact) mass is 334 g/mol. The fraction of sp³-hybridized carbons (Fsp3) is 0.625. The summed E-state index contributed by atoms with van der Waals surface area (Å²) in [4.78, 5) is 0. The van der Waals surface area contributed by atoms with E-state index in [2.05, 4.69) is 0 Å². The summed E-state index contributed by atoms with van der Waals surface area (Å²) in [5.41, 5.74) is -0.0456. The Morgan fingerprint density at radius 1 is 1.04 bits per heavy atom. The van der Waals surface area contributed by atoms with Crippen LogP contribution in [0.25, 0.3) is 0 Å². The van der Waals surface area contributed by atoms with Crippen LogP contribution in [0.2, 0.25) is 0 Å².